The van der Waals surface area contributed by atoms with Crippen LogP contribution in [0.15, 0.2) is 71.6 Å². The molecule has 0 unspecified atom stereocenters. The molecule has 0 saturated carbocycles. The topological polar surface area (TPSA) is 157 Å². The van der Waals surface area contributed by atoms with Crippen molar-refractivity contribution < 1.29 is 32.4 Å². The molecule has 3 atom stereocenters. The van der Waals surface area contributed by atoms with Crippen molar-refractivity contribution in [3.8, 4) is 0 Å². The van der Waals surface area contributed by atoms with E-state index < -0.39 is 57.3 Å². The first kappa shape index (κ1) is 37.4. The highest BCUT2D eigenvalue weighted by Gasteiger charge is 2.40. The summed E-state index contributed by atoms with van der Waals surface area (Å²) in [4.78, 5) is 72.8. The quantitative estimate of drug-likeness (QED) is 0.371. The van der Waals surface area contributed by atoms with Gasteiger partial charge in [-0.1, -0.05) is 48.5 Å². The van der Waals surface area contributed by atoms with E-state index in [2.05, 4.69) is 10.6 Å². The number of fused-ring (bicyclic) bond motifs is 4. The van der Waals surface area contributed by atoms with Crippen LogP contribution in [0.25, 0.3) is 10.8 Å². The molecule has 2 bridgehead atoms. The average molecular weight is 719 g/mol. The lowest BCUT2D eigenvalue weighted by atomic mass is 10.0. The number of benzene rings is 3. The van der Waals surface area contributed by atoms with Crippen LogP contribution in [0.2, 0.25) is 0 Å². The molecule has 1 fully saturated rings. The monoisotopic (exact) mass is 718 g/mol. The molecule has 0 aromatic heterocycles. The fourth-order valence-corrected chi connectivity index (χ4v) is 8.28. The van der Waals surface area contributed by atoms with E-state index in [1.807, 2.05) is 61.5 Å². The van der Waals surface area contributed by atoms with Crippen molar-refractivity contribution in [2.24, 2.45) is 0 Å². The van der Waals surface area contributed by atoms with Crippen molar-refractivity contribution in [3.63, 3.8) is 0 Å². The Labute approximate surface area is 298 Å². The highest BCUT2D eigenvalue weighted by Crippen LogP contribution is 2.25. The third-order valence-electron chi connectivity index (χ3n) is 9.51. The van der Waals surface area contributed by atoms with E-state index in [0.717, 1.165) is 16.3 Å². The molecule has 14 heteroatoms. The van der Waals surface area contributed by atoms with Crippen LogP contribution in [-0.4, -0.2) is 136 Å². The van der Waals surface area contributed by atoms with Crippen molar-refractivity contribution in [2.75, 3.05) is 60.1 Å². The zero-order valence-corrected chi connectivity index (χ0v) is 30.3. The molecule has 2 aliphatic heterocycles. The van der Waals surface area contributed by atoms with Crippen LogP contribution in [0.5, 0.6) is 0 Å². The molecular weight excluding hydrogens is 673 g/mol. The maximum absolute atomic E-state index is 13.9. The highest BCUT2D eigenvalue weighted by molar-refractivity contribution is 7.91. The number of likely N-dealkylation sites (N-methyl/N-ethyl adjacent to an activating group) is 3. The summed E-state index contributed by atoms with van der Waals surface area (Å²) in [6.07, 6.45) is 0.180. The Morgan fingerprint density at radius 3 is 2.41 bits per heavy atom. The number of carbonyl (C=O) groups is 5. The summed E-state index contributed by atoms with van der Waals surface area (Å²) in [7, 11) is 2.60. The van der Waals surface area contributed by atoms with Crippen molar-refractivity contribution >= 4 is 50.1 Å². The zero-order chi connectivity index (χ0) is 36.9. The number of nitrogens with one attached hydrogen (secondary N) is 2. The van der Waals surface area contributed by atoms with Crippen LogP contribution >= 0.6 is 0 Å². The molecule has 5 amide bonds. The molecule has 3 aromatic carbocycles. The predicted molar refractivity (Wildman–Crippen MR) is 193 cm³/mol. The lowest BCUT2D eigenvalue weighted by Crippen LogP contribution is -2.50. The Morgan fingerprint density at radius 2 is 1.67 bits per heavy atom. The van der Waals surface area contributed by atoms with Crippen LogP contribution in [0.3, 0.4) is 0 Å². The van der Waals surface area contributed by atoms with Gasteiger partial charge in [-0.2, -0.15) is 0 Å². The van der Waals surface area contributed by atoms with Gasteiger partial charge >= 0.3 is 0 Å². The predicted octanol–water partition coefficient (Wildman–Crippen LogP) is 1.31. The molecule has 5 rings (SSSR count). The van der Waals surface area contributed by atoms with Crippen LogP contribution < -0.4 is 10.6 Å². The normalized spacial score (nSPS) is 21.5. The first-order valence-corrected chi connectivity index (χ1v) is 18.7. The Morgan fingerprint density at radius 1 is 0.922 bits per heavy atom. The van der Waals surface area contributed by atoms with Crippen LogP contribution in [0.1, 0.15) is 35.2 Å². The number of amides is 5. The summed E-state index contributed by atoms with van der Waals surface area (Å²) in [6, 6.07) is 16.9. The number of sulfone groups is 1. The van der Waals surface area contributed by atoms with Crippen LogP contribution in [0, 0.1) is 0 Å². The minimum Gasteiger partial charge on any atom is -0.353 e. The Balaban J connectivity index is 1.37. The number of hydrogen-bond acceptors (Lipinski definition) is 8. The van der Waals surface area contributed by atoms with E-state index in [0.29, 0.717) is 13.1 Å². The van der Waals surface area contributed by atoms with E-state index in [4.69, 9.17) is 0 Å². The van der Waals surface area contributed by atoms with E-state index in [1.165, 1.54) is 53.1 Å². The average Bonchev–Trinajstić information content (AvgIpc) is 3.48. The maximum Gasteiger partial charge on any atom is 0.254 e. The Kier molecular flexibility index (Phi) is 11.8. The SMILES string of the molecule is CN(C)CCNC(=O)[C@@H]1CCC(=O)N(C)CC(=O)N2C[C@H](NC(=O)Cc3ccc4ccccc4c3)C[C@H]2CS(=O)(=O)c2cccc(c2)C(=O)N1C. The third-order valence-corrected chi connectivity index (χ3v) is 11.3. The standard InChI is InChI=1S/C37H46N6O7S/c1-40(2)17-16-38-36(47)32-14-15-34(45)41(3)23-35(46)43-22-29(39-33(44)19-25-12-13-26-8-5-6-9-27(26)18-25)21-30(43)24-51(49,50)31-11-7-10-28(20-31)37(48)42(32)4/h5-13,18,20,29-30,32H,14-17,19,21-24H2,1-4H3,(H,38,47)(H,39,44)/t29-,30+,32+/m1/s1. The second-order valence-corrected chi connectivity index (χ2v) is 15.7. The summed E-state index contributed by atoms with van der Waals surface area (Å²) < 4.78 is 27.7. The first-order chi connectivity index (χ1) is 24.2. The second-order valence-electron chi connectivity index (χ2n) is 13.7. The fourth-order valence-electron chi connectivity index (χ4n) is 6.67. The van der Waals surface area contributed by atoms with Gasteiger partial charge < -0.3 is 30.2 Å². The van der Waals surface area contributed by atoms with Gasteiger partial charge in [0.2, 0.25) is 23.6 Å². The Bertz CT molecular complexity index is 1920. The summed E-state index contributed by atoms with van der Waals surface area (Å²) in [6.45, 7) is 0.634. The van der Waals surface area contributed by atoms with Crippen LogP contribution in [0.4, 0.5) is 0 Å². The molecule has 0 radical (unpaired) electrons. The van der Waals surface area contributed by atoms with Gasteiger partial charge in [0.15, 0.2) is 9.84 Å². The van der Waals surface area contributed by atoms with Gasteiger partial charge in [-0.15, -0.1) is 0 Å². The van der Waals surface area contributed by atoms with Gasteiger partial charge in [0.05, 0.1) is 23.6 Å². The minimum atomic E-state index is -4.04. The van der Waals surface area contributed by atoms with E-state index in [-0.39, 0.29) is 55.1 Å². The van der Waals surface area contributed by atoms with Gasteiger partial charge in [0.25, 0.3) is 5.91 Å². The molecule has 1 saturated heterocycles. The largest absolute Gasteiger partial charge is 0.353 e. The maximum atomic E-state index is 13.9. The molecule has 51 heavy (non-hydrogen) atoms. The first-order valence-electron chi connectivity index (χ1n) is 17.0. The van der Waals surface area contributed by atoms with Crippen molar-refractivity contribution in [1.82, 2.24) is 30.2 Å². The number of hydrogen-bond donors (Lipinski definition) is 2. The van der Waals surface area contributed by atoms with Crippen molar-refractivity contribution in [2.45, 2.75) is 48.7 Å². The molecule has 2 heterocycles. The lowest BCUT2D eigenvalue weighted by molar-refractivity contribution is -0.140. The number of rotatable bonds is 7. The summed E-state index contributed by atoms with van der Waals surface area (Å²) in [5.74, 6) is -2.58. The van der Waals surface area contributed by atoms with E-state index >= 15 is 0 Å². The van der Waals surface area contributed by atoms with E-state index in [9.17, 15) is 32.4 Å². The highest BCUT2D eigenvalue weighted by atomic mass is 32.2. The van der Waals surface area contributed by atoms with E-state index in [1.54, 1.807) is 0 Å². The van der Waals surface area contributed by atoms with Crippen LogP contribution in [-0.2, 0) is 35.4 Å². The molecule has 272 valence electrons. The molecule has 0 aliphatic carbocycles. The van der Waals surface area contributed by atoms with Gasteiger partial charge in [-0.3, -0.25) is 24.0 Å². The molecule has 2 N–H and O–H groups in total. The summed E-state index contributed by atoms with van der Waals surface area (Å²) in [5, 5.41) is 7.87. The van der Waals surface area contributed by atoms with Crippen molar-refractivity contribution in [3.05, 3.63) is 77.9 Å². The molecular formula is C37H46N6O7S. The fraction of sp³-hybridized carbons (Fsp3) is 0.432. The molecule has 0 spiro atoms. The smallest absolute Gasteiger partial charge is 0.254 e. The van der Waals surface area contributed by atoms with Gasteiger partial charge in [-0.05, 0) is 61.5 Å². The lowest BCUT2D eigenvalue weighted by Gasteiger charge is -2.30. The van der Waals surface area contributed by atoms with Gasteiger partial charge in [-0.25, -0.2) is 8.42 Å². The number of carbonyl (C=O) groups excluding carboxylic acids is 5. The zero-order valence-electron chi connectivity index (χ0n) is 29.5. The summed E-state index contributed by atoms with van der Waals surface area (Å²) >= 11 is 0. The third kappa shape index (κ3) is 9.30. The van der Waals surface area contributed by atoms with Crippen molar-refractivity contribution in [1.29, 1.82) is 0 Å². The Hall–Kier alpha value is -4.82. The van der Waals surface area contributed by atoms with Gasteiger partial charge in [0, 0.05) is 57.8 Å². The molecule has 2 aliphatic rings. The molecule has 13 nitrogen and oxygen atoms in total. The minimum absolute atomic E-state index is 0.0109. The van der Waals surface area contributed by atoms with Gasteiger partial charge in [0.1, 0.15) is 6.04 Å². The summed E-state index contributed by atoms with van der Waals surface area (Å²) in [5.41, 5.74) is 0.889. The second kappa shape index (κ2) is 16.0. The number of nitrogens with zero attached hydrogens (tertiary/aromatic N) is 4. The molecule has 3 aromatic rings.